The van der Waals surface area contributed by atoms with Gasteiger partial charge in [0.05, 0.1) is 27.6 Å². The number of carboxylic acid groups (broad SMARTS) is 2. The van der Waals surface area contributed by atoms with Crippen molar-refractivity contribution < 1.29 is 33.8 Å². The van der Waals surface area contributed by atoms with Crippen LogP contribution in [0.1, 0.15) is 96.3 Å². The number of esters is 1. The lowest BCUT2D eigenvalue weighted by molar-refractivity contribution is -0.873. The zero-order valence-corrected chi connectivity index (χ0v) is 19.4. The molecule has 0 amide bonds. The van der Waals surface area contributed by atoms with Gasteiger partial charge in [0.1, 0.15) is 6.54 Å². The van der Waals surface area contributed by atoms with Gasteiger partial charge in [0.15, 0.2) is 6.10 Å². The maximum Gasteiger partial charge on any atom is 0.307 e. The number of quaternary nitrogens is 1. The van der Waals surface area contributed by atoms with Gasteiger partial charge in [-0.2, -0.15) is 0 Å². The summed E-state index contributed by atoms with van der Waals surface area (Å²) in [6.45, 7) is 0.486. The summed E-state index contributed by atoms with van der Waals surface area (Å²) in [6.07, 6.45) is 13.0. The zero-order valence-electron chi connectivity index (χ0n) is 19.4. The van der Waals surface area contributed by atoms with E-state index >= 15 is 0 Å². The van der Waals surface area contributed by atoms with E-state index in [2.05, 4.69) is 0 Å². The number of nitrogens with zero attached hydrogens (tertiary/aromatic N) is 1. The van der Waals surface area contributed by atoms with Crippen LogP contribution in [0.25, 0.3) is 0 Å². The summed E-state index contributed by atoms with van der Waals surface area (Å²) in [5.74, 6) is -1.94. The topological polar surface area (TPSA) is 101 Å². The summed E-state index contributed by atoms with van der Waals surface area (Å²) in [7, 11) is 5.85. The van der Waals surface area contributed by atoms with Crippen molar-refractivity contribution in [3.05, 3.63) is 0 Å². The van der Waals surface area contributed by atoms with Crippen LogP contribution in [0.4, 0.5) is 0 Å². The summed E-state index contributed by atoms with van der Waals surface area (Å²) in [5, 5.41) is 17.6. The van der Waals surface area contributed by atoms with Crippen LogP contribution >= 0.6 is 0 Å². The van der Waals surface area contributed by atoms with Gasteiger partial charge < -0.3 is 19.4 Å². The van der Waals surface area contributed by atoms with E-state index in [1.54, 1.807) is 0 Å². The van der Waals surface area contributed by atoms with Gasteiger partial charge >= 0.3 is 17.9 Å². The molecular weight excluding hydrogens is 386 g/mol. The normalized spacial score (nSPS) is 12.5. The largest absolute Gasteiger partial charge is 0.481 e. The van der Waals surface area contributed by atoms with Crippen LogP contribution in [-0.4, -0.2) is 66.4 Å². The summed E-state index contributed by atoms with van der Waals surface area (Å²) in [4.78, 5) is 33.4. The van der Waals surface area contributed by atoms with Gasteiger partial charge in [-0.1, -0.05) is 64.2 Å². The number of likely N-dealkylation sites (N-methyl/N-ethyl adjacent to an activating group) is 1. The quantitative estimate of drug-likeness (QED) is 0.166. The SMILES string of the molecule is C[N+](C)(C)C[C@@H](CC(=O)O)OC(=O)CCCCCCCCCCCCCCC(=O)O. The van der Waals surface area contributed by atoms with E-state index in [9.17, 15) is 14.4 Å². The minimum Gasteiger partial charge on any atom is -0.481 e. The summed E-state index contributed by atoms with van der Waals surface area (Å²) < 4.78 is 5.94. The number of hydrogen-bond donors (Lipinski definition) is 2. The van der Waals surface area contributed by atoms with Crippen molar-refractivity contribution in [2.45, 2.75) is 102 Å². The molecule has 1 atom stereocenters. The van der Waals surface area contributed by atoms with Crippen molar-refractivity contribution in [3.8, 4) is 0 Å². The molecule has 0 aliphatic heterocycles. The first-order valence-corrected chi connectivity index (χ1v) is 11.5. The number of carbonyl (C=O) groups excluding carboxylic acids is 1. The van der Waals surface area contributed by atoms with Gasteiger partial charge in [0.2, 0.25) is 0 Å². The predicted molar refractivity (Wildman–Crippen MR) is 117 cm³/mol. The molecule has 0 aromatic rings. The molecule has 0 heterocycles. The number of carboxylic acids is 2. The van der Waals surface area contributed by atoms with Crippen molar-refractivity contribution in [2.75, 3.05) is 27.7 Å². The monoisotopic (exact) mass is 430 g/mol. The number of ether oxygens (including phenoxy) is 1. The third-order valence-corrected chi connectivity index (χ3v) is 4.97. The Hall–Kier alpha value is -1.63. The molecule has 0 saturated carbocycles. The van der Waals surface area contributed by atoms with Crippen LogP contribution in [0, 0.1) is 0 Å². The van der Waals surface area contributed by atoms with Gasteiger partial charge in [-0.05, 0) is 12.8 Å². The molecule has 0 saturated heterocycles. The molecule has 0 unspecified atom stereocenters. The maximum absolute atomic E-state index is 12.0. The molecular formula is C23H44NO6+. The van der Waals surface area contributed by atoms with Crippen LogP contribution in [0.5, 0.6) is 0 Å². The molecule has 2 N–H and O–H groups in total. The van der Waals surface area contributed by atoms with E-state index in [4.69, 9.17) is 14.9 Å². The number of carbonyl (C=O) groups is 3. The molecule has 0 aromatic heterocycles. The Labute approximate surface area is 182 Å². The minimum atomic E-state index is -0.945. The molecule has 0 bridgehead atoms. The van der Waals surface area contributed by atoms with E-state index in [-0.39, 0.29) is 18.8 Å². The lowest BCUT2D eigenvalue weighted by atomic mass is 10.0. The lowest BCUT2D eigenvalue weighted by Crippen LogP contribution is -2.43. The van der Waals surface area contributed by atoms with Crippen LogP contribution in [-0.2, 0) is 19.1 Å². The van der Waals surface area contributed by atoms with Crippen molar-refractivity contribution in [3.63, 3.8) is 0 Å². The lowest BCUT2D eigenvalue weighted by Gasteiger charge is -2.28. The fraction of sp³-hybridized carbons (Fsp3) is 0.870. The Morgan fingerprint density at radius 3 is 1.43 bits per heavy atom. The highest BCUT2D eigenvalue weighted by atomic mass is 16.5. The first-order valence-electron chi connectivity index (χ1n) is 11.5. The van der Waals surface area contributed by atoms with Crippen molar-refractivity contribution in [2.24, 2.45) is 0 Å². The van der Waals surface area contributed by atoms with E-state index in [0.717, 1.165) is 38.5 Å². The fourth-order valence-corrected chi connectivity index (χ4v) is 3.51. The molecule has 0 fully saturated rings. The first kappa shape index (κ1) is 28.4. The Morgan fingerprint density at radius 1 is 0.667 bits per heavy atom. The Kier molecular flexibility index (Phi) is 16.2. The van der Waals surface area contributed by atoms with Crippen LogP contribution in [0.15, 0.2) is 0 Å². The predicted octanol–water partition coefficient (Wildman–Crippen LogP) is 4.63. The zero-order chi connectivity index (χ0) is 22.8. The maximum atomic E-state index is 12.0. The second-order valence-corrected chi connectivity index (χ2v) is 9.32. The average molecular weight is 431 g/mol. The van der Waals surface area contributed by atoms with Crippen LogP contribution in [0.2, 0.25) is 0 Å². The van der Waals surface area contributed by atoms with Gasteiger partial charge in [-0.15, -0.1) is 0 Å². The van der Waals surface area contributed by atoms with Crippen molar-refractivity contribution >= 4 is 17.9 Å². The van der Waals surface area contributed by atoms with Crippen LogP contribution in [0.3, 0.4) is 0 Å². The van der Waals surface area contributed by atoms with Gasteiger partial charge in [-0.25, -0.2) is 0 Å². The first-order chi connectivity index (χ1) is 14.1. The number of hydrogen-bond acceptors (Lipinski definition) is 4. The van der Waals surface area contributed by atoms with Gasteiger partial charge in [0.25, 0.3) is 0 Å². The van der Waals surface area contributed by atoms with Gasteiger partial charge in [-0.3, -0.25) is 14.4 Å². The molecule has 0 rings (SSSR count). The molecule has 176 valence electrons. The number of unbranched alkanes of at least 4 members (excludes halogenated alkanes) is 11. The van der Waals surface area contributed by atoms with E-state index in [1.807, 2.05) is 21.1 Å². The summed E-state index contributed by atoms with van der Waals surface area (Å²) in [6, 6.07) is 0. The molecule has 7 heteroatoms. The second-order valence-electron chi connectivity index (χ2n) is 9.32. The van der Waals surface area contributed by atoms with E-state index in [0.29, 0.717) is 17.4 Å². The number of rotatable bonds is 20. The Balaban J connectivity index is 3.59. The van der Waals surface area contributed by atoms with E-state index < -0.39 is 18.0 Å². The molecule has 0 aliphatic rings. The smallest absolute Gasteiger partial charge is 0.307 e. The van der Waals surface area contributed by atoms with Crippen molar-refractivity contribution in [1.29, 1.82) is 0 Å². The highest BCUT2D eigenvalue weighted by Gasteiger charge is 2.24. The number of aliphatic carboxylic acids is 2. The molecule has 0 radical (unpaired) electrons. The summed E-state index contributed by atoms with van der Waals surface area (Å²) >= 11 is 0. The third-order valence-electron chi connectivity index (χ3n) is 4.97. The molecule has 0 spiro atoms. The van der Waals surface area contributed by atoms with Gasteiger partial charge in [0, 0.05) is 12.8 Å². The standard InChI is InChI=1S/C23H43NO6/c1-24(2,3)19-20(18-22(27)28)30-23(29)17-15-13-11-9-7-5-4-6-8-10-12-14-16-21(25)26/h20H,4-19H2,1-3H3,(H-,25,26,27,28)/p+1/t20-/m1/s1. The molecule has 30 heavy (non-hydrogen) atoms. The van der Waals surface area contributed by atoms with Crippen LogP contribution < -0.4 is 0 Å². The molecule has 0 aromatic carbocycles. The average Bonchev–Trinajstić information content (AvgIpc) is 2.59. The molecule has 7 nitrogen and oxygen atoms in total. The highest BCUT2D eigenvalue weighted by Crippen LogP contribution is 2.14. The van der Waals surface area contributed by atoms with E-state index in [1.165, 1.54) is 38.5 Å². The molecule has 0 aliphatic carbocycles. The second kappa shape index (κ2) is 17.1. The third kappa shape index (κ3) is 21.1. The summed E-state index contributed by atoms with van der Waals surface area (Å²) in [5.41, 5.74) is 0. The fourth-order valence-electron chi connectivity index (χ4n) is 3.51. The Bertz CT molecular complexity index is 487. The van der Waals surface area contributed by atoms with Crippen molar-refractivity contribution in [1.82, 2.24) is 0 Å². The Morgan fingerprint density at radius 2 is 1.07 bits per heavy atom. The minimum absolute atomic E-state index is 0.149. The highest BCUT2D eigenvalue weighted by molar-refractivity contribution is 5.71.